The number of carboxylic acids is 1. The molecule has 0 heterocycles. The zero-order chi connectivity index (χ0) is 13.7. The van der Waals surface area contributed by atoms with Crippen molar-refractivity contribution in [2.24, 2.45) is 5.73 Å². The van der Waals surface area contributed by atoms with E-state index in [1.807, 2.05) is 0 Å². The van der Waals surface area contributed by atoms with E-state index in [1.165, 1.54) is 19.2 Å². The van der Waals surface area contributed by atoms with E-state index in [0.29, 0.717) is 0 Å². The van der Waals surface area contributed by atoms with Crippen LogP contribution in [0.5, 0.6) is 0 Å². The van der Waals surface area contributed by atoms with Gasteiger partial charge in [0.2, 0.25) is 0 Å². The van der Waals surface area contributed by atoms with Crippen LogP contribution in [0.1, 0.15) is 10.4 Å². The van der Waals surface area contributed by atoms with E-state index >= 15 is 0 Å². The fourth-order valence-electron chi connectivity index (χ4n) is 1.34. The number of rotatable bonds is 5. The molecule has 0 saturated carbocycles. The molecule has 0 aliphatic heterocycles. The first-order valence-corrected chi connectivity index (χ1v) is 5.06. The maximum absolute atomic E-state index is 13.5. The number of aromatic carboxylic acids is 1. The number of hydrogen-bond donors (Lipinski definition) is 3. The summed E-state index contributed by atoms with van der Waals surface area (Å²) in [4.78, 5) is 22.5. The van der Waals surface area contributed by atoms with Crippen molar-refractivity contribution < 1.29 is 23.8 Å². The maximum Gasteiger partial charge on any atom is 0.337 e. The summed E-state index contributed by atoms with van der Waals surface area (Å²) < 4.78 is 18.3. The lowest BCUT2D eigenvalue weighted by Gasteiger charge is -2.14. The van der Waals surface area contributed by atoms with Gasteiger partial charge in [-0.3, -0.25) is 4.79 Å². The average molecular weight is 256 g/mol. The Labute approximate surface area is 103 Å². The summed E-state index contributed by atoms with van der Waals surface area (Å²) in [5.41, 5.74) is 4.54. The smallest absolute Gasteiger partial charge is 0.337 e. The number of carbonyl (C=O) groups excluding carboxylic acids is 1. The second-order valence-corrected chi connectivity index (χ2v) is 3.42. The van der Waals surface area contributed by atoms with E-state index in [1.54, 1.807) is 0 Å². The summed E-state index contributed by atoms with van der Waals surface area (Å²) in [6, 6.07) is 3.47. The van der Waals surface area contributed by atoms with Crippen LogP contribution in [0.4, 0.5) is 10.1 Å². The van der Waals surface area contributed by atoms with Gasteiger partial charge in [0.15, 0.2) is 0 Å². The van der Waals surface area contributed by atoms with Crippen LogP contribution < -0.4 is 11.1 Å². The number of carbonyl (C=O) groups is 2. The van der Waals surface area contributed by atoms with Crippen molar-refractivity contribution in [3.8, 4) is 0 Å². The number of methoxy groups -OCH3 is 1. The lowest BCUT2D eigenvalue weighted by Crippen LogP contribution is -2.36. The maximum atomic E-state index is 13.5. The largest absolute Gasteiger partial charge is 0.478 e. The van der Waals surface area contributed by atoms with E-state index in [-0.39, 0.29) is 12.1 Å². The quantitative estimate of drug-likeness (QED) is 0.709. The summed E-state index contributed by atoms with van der Waals surface area (Å²) in [5, 5.41) is 11.0. The van der Waals surface area contributed by atoms with Gasteiger partial charge in [0, 0.05) is 13.7 Å². The van der Waals surface area contributed by atoms with Crippen LogP contribution in [0.3, 0.4) is 0 Å². The Balaban J connectivity index is 3.03. The highest BCUT2D eigenvalue weighted by atomic mass is 19.1. The van der Waals surface area contributed by atoms with Crippen LogP contribution in [-0.4, -0.2) is 36.7 Å². The Kier molecular flexibility index (Phi) is 4.75. The molecule has 0 bridgehead atoms. The standard InChI is InChI=1S/C11H13FN2O4/c1-18-8(5-13)10(15)14-9-6(11(16)17)3-2-4-7(9)12/h2-4,8H,5,13H2,1H3,(H,14,15)(H,16,17). The summed E-state index contributed by atoms with van der Waals surface area (Å²) in [6.07, 6.45) is -0.966. The number of para-hydroxylation sites is 1. The van der Waals surface area contributed by atoms with Crippen molar-refractivity contribution >= 4 is 17.6 Å². The molecule has 18 heavy (non-hydrogen) atoms. The van der Waals surface area contributed by atoms with E-state index in [4.69, 9.17) is 15.6 Å². The molecule has 1 rings (SSSR count). The first-order valence-electron chi connectivity index (χ1n) is 5.06. The van der Waals surface area contributed by atoms with Crippen molar-refractivity contribution in [3.63, 3.8) is 0 Å². The summed E-state index contributed by atoms with van der Waals surface area (Å²) >= 11 is 0. The van der Waals surface area contributed by atoms with Gasteiger partial charge in [0.05, 0.1) is 11.3 Å². The SMILES string of the molecule is COC(CN)C(=O)Nc1c(F)cccc1C(=O)O. The topological polar surface area (TPSA) is 102 Å². The third kappa shape index (κ3) is 3.02. The third-order valence-electron chi connectivity index (χ3n) is 2.28. The van der Waals surface area contributed by atoms with Crippen LogP contribution in [0, 0.1) is 5.82 Å². The number of halogens is 1. The number of hydrogen-bond acceptors (Lipinski definition) is 4. The third-order valence-corrected chi connectivity index (χ3v) is 2.28. The molecule has 4 N–H and O–H groups in total. The summed E-state index contributed by atoms with van der Waals surface area (Å²) in [7, 11) is 1.27. The molecule has 1 aromatic rings. The Bertz CT molecular complexity index is 460. The van der Waals surface area contributed by atoms with E-state index in [0.717, 1.165) is 6.07 Å². The Morgan fingerprint density at radius 3 is 2.72 bits per heavy atom. The van der Waals surface area contributed by atoms with Crippen molar-refractivity contribution in [2.75, 3.05) is 19.0 Å². The molecule has 0 radical (unpaired) electrons. The van der Waals surface area contributed by atoms with Gasteiger partial charge in [-0.05, 0) is 12.1 Å². The Morgan fingerprint density at radius 2 is 2.22 bits per heavy atom. The number of benzene rings is 1. The van der Waals surface area contributed by atoms with Crippen molar-refractivity contribution in [1.29, 1.82) is 0 Å². The van der Waals surface area contributed by atoms with Crippen LogP contribution >= 0.6 is 0 Å². The van der Waals surface area contributed by atoms with Gasteiger partial charge in [0.25, 0.3) is 5.91 Å². The number of amides is 1. The molecule has 0 saturated heterocycles. The second-order valence-electron chi connectivity index (χ2n) is 3.42. The van der Waals surface area contributed by atoms with Gasteiger partial charge in [-0.25, -0.2) is 9.18 Å². The van der Waals surface area contributed by atoms with Crippen LogP contribution in [0.15, 0.2) is 18.2 Å². The summed E-state index contributed by atoms with van der Waals surface area (Å²) in [6.45, 7) is -0.0980. The van der Waals surface area contributed by atoms with Gasteiger partial charge in [-0.15, -0.1) is 0 Å². The number of nitrogens with two attached hydrogens (primary N) is 1. The van der Waals surface area contributed by atoms with Gasteiger partial charge in [0.1, 0.15) is 11.9 Å². The van der Waals surface area contributed by atoms with Gasteiger partial charge in [-0.1, -0.05) is 6.07 Å². The van der Waals surface area contributed by atoms with Gasteiger partial charge < -0.3 is 20.9 Å². The number of ether oxygens (including phenoxy) is 1. The lowest BCUT2D eigenvalue weighted by atomic mass is 10.1. The zero-order valence-corrected chi connectivity index (χ0v) is 9.64. The molecule has 1 aromatic carbocycles. The highest BCUT2D eigenvalue weighted by molar-refractivity contribution is 6.02. The van der Waals surface area contributed by atoms with E-state index in [9.17, 15) is 14.0 Å². The fraction of sp³-hybridized carbons (Fsp3) is 0.273. The Hall–Kier alpha value is -1.99. The molecule has 0 spiro atoms. The molecule has 0 aliphatic carbocycles. The zero-order valence-electron chi connectivity index (χ0n) is 9.64. The van der Waals surface area contributed by atoms with Crippen LogP contribution in [-0.2, 0) is 9.53 Å². The van der Waals surface area contributed by atoms with Crippen molar-refractivity contribution in [2.45, 2.75) is 6.10 Å². The average Bonchev–Trinajstić information content (AvgIpc) is 2.33. The van der Waals surface area contributed by atoms with Gasteiger partial charge >= 0.3 is 5.97 Å². The number of anilines is 1. The molecular formula is C11H13FN2O4. The monoisotopic (exact) mass is 256 g/mol. The Morgan fingerprint density at radius 1 is 1.56 bits per heavy atom. The van der Waals surface area contributed by atoms with E-state index in [2.05, 4.69) is 5.32 Å². The molecule has 1 amide bonds. The molecule has 0 fully saturated rings. The minimum Gasteiger partial charge on any atom is -0.478 e. The van der Waals surface area contributed by atoms with Crippen molar-refractivity contribution in [3.05, 3.63) is 29.6 Å². The highest BCUT2D eigenvalue weighted by Crippen LogP contribution is 2.20. The van der Waals surface area contributed by atoms with Crippen molar-refractivity contribution in [1.82, 2.24) is 0 Å². The molecule has 98 valence electrons. The molecule has 0 aliphatic rings. The molecule has 0 aromatic heterocycles. The fourth-order valence-corrected chi connectivity index (χ4v) is 1.34. The minimum atomic E-state index is -1.34. The number of nitrogens with one attached hydrogen (secondary N) is 1. The normalized spacial score (nSPS) is 11.9. The predicted octanol–water partition coefficient (Wildman–Crippen LogP) is 0.436. The first-order chi connectivity index (χ1) is 8.51. The lowest BCUT2D eigenvalue weighted by molar-refractivity contribution is -0.125. The minimum absolute atomic E-state index is 0.0980. The molecule has 1 unspecified atom stereocenters. The molecule has 7 heteroatoms. The van der Waals surface area contributed by atoms with Crippen LogP contribution in [0.2, 0.25) is 0 Å². The first kappa shape index (κ1) is 14.1. The molecular weight excluding hydrogens is 243 g/mol. The van der Waals surface area contributed by atoms with Gasteiger partial charge in [-0.2, -0.15) is 0 Å². The van der Waals surface area contributed by atoms with Crippen LogP contribution in [0.25, 0.3) is 0 Å². The predicted molar refractivity (Wildman–Crippen MR) is 61.8 cm³/mol. The van der Waals surface area contributed by atoms with E-state index < -0.39 is 29.5 Å². The number of carboxylic acid groups (broad SMARTS) is 1. The highest BCUT2D eigenvalue weighted by Gasteiger charge is 2.21. The summed E-state index contributed by atoms with van der Waals surface area (Å²) in [5.74, 6) is -2.88. The second kappa shape index (κ2) is 6.08. The molecule has 1 atom stereocenters. The molecule has 6 nitrogen and oxygen atoms in total.